The van der Waals surface area contributed by atoms with Gasteiger partial charge in [0.25, 0.3) is 0 Å². The van der Waals surface area contributed by atoms with Crippen molar-refractivity contribution in [2.75, 3.05) is 19.6 Å². The molecule has 6 heteroatoms. The highest BCUT2D eigenvalue weighted by molar-refractivity contribution is 9.10. The van der Waals surface area contributed by atoms with Crippen LogP contribution in [0.5, 0.6) is 0 Å². The molecule has 2 aromatic carbocycles. The summed E-state index contributed by atoms with van der Waals surface area (Å²) in [7, 11) is 0. The van der Waals surface area contributed by atoms with Gasteiger partial charge in [0.1, 0.15) is 11.3 Å². The summed E-state index contributed by atoms with van der Waals surface area (Å²) in [5.74, 6) is 2.40. The molecular weight excluding hydrogens is 380 g/mol. The lowest BCUT2D eigenvalue weighted by Crippen LogP contribution is -2.46. The first kappa shape index (κ1) is 15.1. The fourth-order valence-corrected chi connectivity index (χ4v) is 3.75. The molecule has 2 aromatic heterocycles. The fourth-order valence-electron chi connectivity index (χ4n) is 3.40. The summed E-state index contributed by atoms with van der Waals surface area (Å²) in [5, 5.41) is 0. The van der Waals surface area contributed by atoms with E-state index in [2.05, 4.69) is 42.9 Å². The van der Waals surface area contributed by atoms with Gasteiger partial charge in [-0.05, 0) is 30.3 Å². The van der Waals surface area contributed by atoms with Crippen LogP contribution in [-0.4, -0.2) is 39.5 Å². The molecule has 0 spiro atoms. The van der Waals surface area contributed by atoms with Crippen LogP contribution in [-0.2, 0) is 6.42 Å². The van der Waals surface area contributed by atoms with Crippen molar-refractivity contribution < 1.29 is 4.42 Å². The second-order valence-corrected chi connectivity index (χ2v) is 7.48. The molecule has 126 valence electrons. The average molecular weight is 397 g/mol. The monoisotopic (exact) mass is 396 g/mol. The number of rotatable bonds is 4. The van der Waals surface area contributed by atoms with Crippen molar-refractivity contribution in [1.29, 1.82) is 0 Å². The first-order valence-corrected chi connectivity index (χ1v) is 9.26. The molecule has 1 N–H and O–H groups in total. The minimum Gasteiger partial charge on any atom is -0.441 e. The van der Waals surface area contributed by atoms with Gasteiger partial charge in [-0.25, -0.2) is 9.97 Å². The molecule has 1 aliphatic heterocycles. The van der Waals surface area contributed by atoms with E-state index in [0.29, 0.717) is 5.92 Å². The van der Waals surface area contributed by atoms with Crippen LogP contribution in [0, 0.1) is 0 Å². The first-order valence-electron chi connectivity index (χ1n) is 8.46. The topological polar surface area (TPSA) is 58.0 Å². The van der Waals surface area contributed by atoms with Crippen LogP contribution in [0.25, 0.3) is 22.1 Å². The van der Waals surface area contributed by atoms with E-state index in [-0.39, 0.29) is 0 Å². The number of likely N-dealkylation sites (tertiary alicyclic amines) is 1. The highest BCUT2D eigenvalue weighted by Gasteiger charge is 2.30. The lowest BCUT2D eigenvalue weighted by molar-refractivity contribution is 0.143. The van der Waals surface area contributed by atoms with Gasteiger partial charge in [-0.2, -0.15) is 0 Å². The number of para-hydroxylation sites is 2. The summed E-state index contributed by atoms with van der Waals surface area (Å²) in [6, 6.07) is 14.1. The Kier molecular flexibility index (Phi) is 3.60. The second kappa shape index (κ2) is 5.97. The Balaban J connectivity index is 1.20. The Bertz CT molecular complexity index is 1010. The van der Waals surface area contributed by atoms with Crippen LogP contribution in [0.4, 0.5) is 0 Å². The SMILES string of the molecule is Brc1ccc2oc(CCN3CC(c4nc5ccccc5[nH]4)C3)nc2c1. The fraction of sp³-hybridized carbons (Fsp3) is 0.263. The van der Waals surface area contributed by atoms with Crippen molar-refractivity contribution in [3.05, 3.63) is 58.7 Å². The number of hydrogen-bond acceptors (Lipinski definition) is 4. The lowest BCUT2D eigenvalue weighted by atomic mass is 9.99. The molecule has 0 unspecified atom stereocenters. The van der Waals surface area contributed by atoms with E-state index < -0.39 is 0 Å². The van der Waals surface area contributed by atoms with E-state index in [1.54, 1.807) is 0 Å². The number of nitrogens with zero attached hydrogens (tertiary/aromatic N) is 3. The maximum atomic E-state index is 5.82. The maximum Gasteiger partial charge on any atom is 0.196 e. The third-order valence-electron chi connectivity index (χ3n) is 4.79. The Hall–Kier alpha value is -2.18. The maximum absolute atomic E-state index is 5.82. The second-order valence-electron chi connectivity index (χ2n) is 6.57. The van der Waals surface area contributed by atoms with Crippen molar-refractivity contribution in [1.82, 2.24) is 19.9 Å². The van der Waals surface area contributed by atoms with Gasteiger partial charge in [-0.15, -0.1) is 0 Å². The Morgan fingerprint density at radius 3 is 2.88 bits per heavy atom. The number of fused-ring (bicyclic) bond motifs is 2. The van der Waals surface area contributed by atoms with Crippen LogP contribution in [0.3, 0.4) is 0 Å². The zero-order valence-corrected chi connectivity index (χ0v) is 15.2. The molecule has 5 nitrogen and oxygen atoms in total. The zero-order chi connectivity index (χ0) is 16.8. The van der Waals surface area contributed by atoms with Crippen molar-refractivity contribution in [3.8, 4) is 0 Å². The number of aromatic nitrogens is 3. The predicted octanol–water partition coefficient (Wildman–Crippen LogP) is 4.11. The highest BCUT2D eigenvalue weighted by atomic mass is 79.9. The average Bonchev–Trinajstić information content (AvgIpc) is 3.16. The van der Waals surface area contributed by atoms with Crippen LogP contribution >= 0.6 is 15.9 Å². The summed E-state index contributed by atoms with van der Waals surface area (Å²) in [6.07, 6.45) is 0.832. The number of benzene rings is 2. The van der Waals surface area contributed by atoms with Crippen LogP contribution in [0.2, 0.25) is 0 Å². The number of halogens is 1. The van der Waals surface area contributed by atoms with Gasteiger partial charge in [0.2, 0.25) is 0 Å². The minimum atomic E-state index is 0.493. The molecule has 0 saturated carbocycles. The number of hydrogen-bond donors (Lipinski definition) is 1. The Morgan fingerprint density at radius 1 is 1.12 bits per heavy atom. The van der Waals surface area contributed by atoms with Crippen molar-refractivity contribution in [3.63, 3.8) is 0 Å². The van der Waals surface area contributed by atoms with E-state index in [9.17, 15) is 0 Å². The molecule has 0 amide bonds. The number of imidazole rings is 1. The van der Waals surface area contributed by atoms with Gasteiger partial charge in [-0.1, -0.05) is 28.1 Å². The molecule has 0 atom stereocenters. The molecule has 5 rings (SSSR count). The van der Waals surface area contributed by atoms with E-state index in [1.165, 1.54) is 0 Å². The van der Waals surface area contributed by atoms with E-state index in [1.807, 2.05) is 30.3 Å². The summed E-state index contributed by atoms with van der Waals surface area (Å²) in [6.45, 7) is 3.03. The van der Waals surface area contributed by atoms with E-state index in [4.69, 9.17) is 9.40 Å². The summed E-state index contributed by atoms with van der Waals surface area (Å²) >= 11 is 3.47. The van der Waals surface area contributed by atoms with Crippen LogP contribution < -0.4 is 0 Å². The molecule has 1 saturated heterocycles. The highest BCUT2D eigenvalue weighted by Crippen LogP contribution is 2.27. The van der Waals surface area contributed by atoms with Gasteiger partial charge < -0.3 is 14.3 Å². The van der Waals surface area contributed by atoms with E-state index in [0.717, 1.165) is 64.4 Å². The number of nitrogens with one attached hydrogen (secondary N) is 1. The molecule has 1 fully saturated rings. The summed E-state index contributed by atoms with van der Waals surface area (Å²) in [4.78, 5) is 15.1. The van der Waals surface area contributed by atoms with Gasteiger partial charge in [0.05, 0.1) is 11.0 Å². The van der Waals surface area contributed by atoms with E-state index >= 15 is 0 Å². The molecular formula is C19H17BrN4O. The number of oxazole rings is 1. The molecule has 0 aliphatic carbocycles. The van der Waals surface area contributed by atoms with Crippen molar-refractivity contribution >= 4 is 38.1 Å². The molecule has 0 radical (unpaired) electrons. The molecule has 3 heterocycles. The minimum absolute atomic E-state index is 0.493. The predicted molar refractivity (Wildman–Crippen MR) is 101 cm³/mol. The summed E-state index contributed by atoms with van der Waals surface area (Å²) in [5.41, 5.74) is 3.93. The Morgan fingerprint density at radius 2 is 2.00 bits per heavy atom. The zero-order valence-electron chi connectivity index (χ0n) is 13.6. The molecule has 1 aliphatic rings. The smallest absolute Gasteiger partial charge is 0.196 e. The summed E-state index contributed by atoms with van der Waals surface area (Å²) < 4.78 is 6.84. The van der Waals surface area contributed by atoms with Gasteiger partial charge in [-0.3, -0.25) is 0 Å². The lowest BCUT2D eigenvalue weighted by Gasteiger charge is -2.37. The quantitative estimate of drug-likeness (QED) is 0.563. The van der Waals surface area contributed by atoms with Crippen LogP contribution in [0.15, 0.2) is 51.4 Å². The van der Waals surface area contributed by atoms with Crippen molar-refractivity contribution in [2.24, 2.45) is 0 Å². The number of H-pyrrole nitrogens is 1. The van der Waals surface area contributed by atoms with Crippen LogP contribution in [0.1, 0.15) is 17.6 Å². The first-order chi connectivity index (χ1) is 12.2. The van der Waals surface area contributed by atoms with Crippen molar-refractivity contribution in [2.45, 2.75) is 12.3 Å². The third-order valence-corrected chi connectivity index (χ3v) is 5.28. The van der Waals surface area contributed by atoms with Gasteiger partial charge >= 0.3 is 0 Å². The largest absolute Gasteiger partial charge is 0.441 e. The Labute approximate surface area is 153 Å². The molecule has 4 aromatic rings. The van der Waals surface area contributed by atoms with Gasteiger partial charge in [0.15, 0.2) is 11.5 Å². The standard InChI is InChI=1S/C19H17BrN4O/c20-13-5-6-17-16(9-13)21-18(25-17)7-8-24-10-12(11-24)19-22-14-3-1-2-4-15(14)23-19/h1-6,9,12H,7-8,10-11H2,(H,22,23). The molecule has 0 bridgehead atoms. The third kappa shape index (κ3) is 2.85. The van der Waals surface area contributed by atoms with Gasteiger partial charge in [0, 0.05) is 36.4 Å². The molecule has 25 heavy (non-hydrogen) atoms. The normalized spacial score (nSPS) is 15.9. The number of aromatic amines is 1.